The van der Waals surface area contributed by atoms with Crippen molar-refractivity contribution in [1.82, 2.24) is 0 Å². The predicted molar refractivity (Wildman–Crippen MR) is 97.7 cm³/mol. The van der Waals surface area contributed by atoms with Crippen LogP contribution in [0.15, 0.2) is 77.8 Å². The average molecular weight is 332 g/mol. The van der Waals surface area contributed by atoms with Crippen LogP contribution in [0.2, 0.25) is 0 Å². The molecule has 0 bridgehead atoms. The highest BCUT2D eigenvalue weighted by atomic mass is 16.6. The highest BCUT2D eigenvalue weighted by Gasteiger charge is 2.18. The summed E-state index contributed by atoms with van der Waals surface area (Å²) in [7, 11) is 0. The number of nitro groups is 1. The molecule has 0 amide bonds. The number of benzene rings is 3. The van der Waals surface area contributed by atoms with Crippen LogP contribution in [0.3, 0.4) is 0 Å². The lowest BCUT2D eigenvalue weighted by Crippen LogP contribution is -1.97. The Bertz CT molecular complexity index is 907. The van der Waals surface area contributed by atoms with Crippen LogP contribution in [-0.4, -0.2) is 16.2 Å². The monoisotopic (exact) mass is 332 g/mol. The van der Waals surface area contributed by atoms with Gasteiger partial charge in [-0.2, -0.15) is 0 Å². The summed E-state index contributed by atoms with van der Waals surface area (Å²) in [5.74, 6) is -0.374. The summed E-state index contributed by atoms with van der Waals surface area (Å²) in [5.41, 5.74) is 2.49. The van der Waals surface area contributed by atoms with Gasteiger partial charge in [0.1, 0.15) is 0 Å². The van der Waals surface area contributed by atoms with Gasteiger partial charge < -0.3 is 5.11 Å². The number of rotatable bonds is 5. The topological polar surface area (TPSA) is 75.7 Å². The van der Waals surface area contributed by atoms with Crippen molar-refractivity contribution in [2.75, 3.05) is 0 Å². The van der Waals surface area contributed by atoms with Crippen LogP contribution >= 0.6 is 0 Å². The van der Waals surface area contributed by atoms with E-state index in [1.807, 2.05) is 60.7 Å². The molecule has 0 fully saturated rings. The molecule has 1 N–H and O–H groups in total. The fraction of sp³-hybridized carbons (Fsp3) is 0.0500. The van der Waals surface area contributed by atoms with E-state index in [2.05, 4.69) is 4.99 Å². The third kappa shape index (κ3) is 4.09. The number of phenolic OH excluding ortho intramolecular Hbond substituents is 1. The Morgan fingerprint density at radius 1 is 0.960 bits per heavy atom. The minimum Gasteiger partial charge on any atom is -0.502 e. The van der Waals surface area contributed by atoms with E-state index in [0.717, 1.165) is 11.1 Å². The lowest BCUT2D eigenvalue weighted by Gasteiger charge is -2.06. The van der Waals surface area contributed by atoms with Gasteiger partial charge in [-0.25, -0.2) is 0 Å². The van der Waals surface area contributed by atoms with Gasteiger partial charge >= 0.3 is 5.69 Å². The molecule has 3 rings (SSSR count). The molecule has 3 aromatic carbocycles. The largest absolute Gasteiger partial charge is 0.502 e. The van der Waals surface area contributed by atoms with E-state index in [4.69, 9.17) is 0 Å². The van der Waals surface area contributed by atoms with Gasteiger partial charge in [0.15, 0.2) is 0 Å². The fourth-order valence-corrected chi connectivity index (χ4v) is 2.53. The van der Waals surface area contributed by atoms with E-state index >= 15 is 0 Å². The van der Waals surface area contributed by atoms with Crippen LogP contribution in [-0.2, 0) is 6.42 Å². The van der Waals surface area contributed by atoms with Gasteiger partial charge in [0.25, 0.3) is 0 Å². The van der Waals surface area contributed by atoms with Crippen molar-refractivity contribution in [1.29, 1.82) is 0 Å². The Kier molecular flexibility index (Phi) is 4.85. The molecule has 5 nitrogen and oxygen atoms in total. The van der Waals surface area contributed by atoms with Crippen LogP contribution in [0.4, 0.5) is 11.4 Å². The first-order valence-electron chi connectivity index (χ1n) is 7.77. The van der Waals surface area contributed by atoms with Crippen molar-refractivity contribution in [2.24, 2.45) is 4.99 Å². The molecule has 5 heteroatoms. The zero-order chi connectivity index (χ0) is 17.6. The van der Waals surface area contributed by atoms with Crippen molar-refractivity contribution in [2.45, 2.75) is 6.42 Å². The Balaban J connectivity index is 1.98. The van der Waals surface area contributed by atoms with Crippen LogP contribution in [0.5, 0.6) is 5.75 Å². The van der Waals surface area contributed by atoms with Crippen molar-refractivity contribution >= 4 is 17.6 Å². The number of aliphatic imine (C=N–C) groups is 1. The standard InChI is InChI=1S/C20H16N2O3/c23-20-17(14-21-18-9-5-2-6-10-18)12-16(13-19(20)22(24)25)11-15-7-3-1-4-8-15/h1-10,12-14,23H,11H2. The molecule has 0 aromatic heterocycles. The quantitative estimate of drug-likeness (QED) is 0.420. The van der Waals surface area contributed by atoms with Crippen LogP contribution in [0.25, 0.3) is 0 Å². The molecule has 0 heterocycles. The number of hydrogen-bond donors (Lipinski definition) is 1. The Morgan fingerprint density at radius 2 is 1.60 bits per heavy atom. The maximum absolute atomic E-state index is 11.3. The Labute approximate surface area is 145 Å². The number of hydrogen-bond acceptors (Lipinski definition) is 4. The second-order valence-corrected chi connectivity index (χ2v) is 5.57. The second-order valence-electron chi connectivity index (χ2n) is 5.57. The molecule has 0 radical (unpaired) electrons. The Hall–Kier alpha value is -3.47. The smallest absolute Gasteiger partial charge is 0.311 e. The van der Waals surface area contributed by atoms with Gasteiger partial charge in [-0.05, 0) is 35.7 Å². The summed E-state index contributed by atoms with van der Waals surface area (Å²) in [6.45, 7) is 0. The summed E-state index contributed by atoms with van der Waals surface area (Å²) in [6, 6.07) is 22.0. The lowest BCUT2D eigenvalue weighted by molar-refractivity contribution is -0.385. The fourth-order valence-electron chi connectivity index (χ4n) is 2.53. The van der Waals surface area contributed by atoms with Gasteiger partial charge in [0, 0.05) is 17.8 Å². The zero-order valence-corrected chi connectivity index (χ0v) is 13.4. The second kappa shape index (κ2) is 7.40. The number of para-hydroxylation sites is 1. The predicted octanol–water partition coefficient (Wildman–Crippen LogP) is 4.64. The summed E-state index contributed by atoms with van der Waals surface area (Å²) in [6.07, 6.45) is 1.99. The van der Waals surface area contributed by atoms with Crippen LogP contribution in [0, 0.1) is 10.1 Å². The summed E-state index contributed by atoms with van der Waals surface area (Å²) >= 11 is 0. The molecule has 0 saturated carbocycles. The van der Waals surface area contributed by atoms with Gasteiger partial charge in [-0.3, -0.25) is 15.1 Å². The number of aromatic hydroxyl groups is 1. The molecule has 0 atom stereocenters. The molecule has 0 aliphatic rings. The third-order valence-electron chi connectivity index (χ3n) is 3.74. The first-order valence-corrected chi connectivity index (χ1v) is 7.77. The number of nitrogens with zero attached hydrogens (tertiary/aromatic N) is 2. The number of nitro benzene ring substituents is 1. The molecule has 3 aromatic rings. The van der Waals surface area contributed by atoms with Gasteiger partial charge in [0.2, 0.25) is 5.75 Å². The van der Waals surface area contributed by atoms with E-state index in [9.17, 15) is 15.2 Å². The molecule has 0 aliphatic carbocycles. The molecule has 0 unspecified atom stereocenters. The minimum atomic E-state index is -0.580. The van der Waals surface area contributed by atoms with Crippen molar-refractivity contribution in [3.63, 3.8) is 0 Å². The maximum Gasteiger partial charge on any atom is 0.311 e. The molecular formula is C20H16N2O3. The van der Waals surface area contributed by atoms with E-state index in [0.29, 0.717) is 17.7 Å². The van der Waals surface area contributed by atoms with Gasteiger partial charge in [-0.1, -0.05) is 48.5 Å². The van der Waals surface area contributed by atoms with Crippen molar-refractivity contribution < 1.29 is 10.0 Å². The highest BCUT2D eigenvalue weighted by molar-refractivity contribution is 5.87. The average Bonchev–Trinajstić information content (AvgIpc) is 2.63. The third-order valence-corrected chi connectivity index (χ3v) is 3.74. The van der Waals surface area contributed by atoms with E-state index in [-0.39, 0.29) is 11.4 Å². The molecule has 0 spiro atoms. The molecule has 0 aliphatic heterocycles. The van der Waals surface area contributed by atoms with Gasteiger partial charge in [-0.15, -0.1) is 0 Å². The number of phenols is 1. The highest BCUT2D eigenvalue weighted by Crippen LogP contribution is 2.31. The molecular weight excluding hydrogens is 316 g/mol. The van der Waals surface area contributed by atoms with Gasteiger partial charge in [0.05, 0.1) is 10.6 Å². The lowest BCUT2D eigenvalue weighted by atomic mass is 10.0. The molecule has 25 heavy (non-hydrogen) atoms. The van der Waals surface area contributed by atoms with E-state index in [1.165, 1.54) is 12.3 Å². The minimum absolute atomic E-state index is 0.317. The first-order chi connectivity index (χ1) is 12.1. The zero-order valence-electron chi connectivity index (χ0n) is 13.4. The summed E-state index contributed by atoms with van der Waals surface area (Å²) in [4.78, 5) is 15.0. The first kappa shape index (κ1) is 16.4. The molecule has 124 valence electrons. The summed E-state index contributed by atoms with van der Waals surface area (Å²) < 4.78 is 0. The van der Waals surface area contributed by atoms with Crippen LogP contribution < -0.4 is 0 Å². The normalized spacial score (nSPS) is 10.9. The molecule has 0 saturated heterocycles. The van der Waals surface area contributed by atoms with E-state index in [1.54, 1.807) is 6.07 Å². The maximum atomic E-state index is 11.3. The van der Waals surface area contributed by atoms with Crippen molar-refractivity contribution in [3.05, 3.63) is 99.6 Å². The van der Waals surface area contributed by atoms with Crippen molar-refractivity contribution in [3.8, 4) is 5.75 Å². The Morgan fingerprint density at radius 3 is 2.24 bits per heavy atom. The van der Waals surface area contributed by atoms with Crippen LogP contribution in [0.1, 0.15) is 16.7 Å². The SMILES string of the molecule is O=[N+]([O-])c1cc(Cc2ccccc2)cc(C=Nc2ccccc2)c1O. The van der Waals surface area contributed by atoms with E-state index < -0.39 is 4.92 Å². The summed E-state index contributed by atoms with van der Waals surface area (Å²) in [5, 5.41) is 21.4.